The van der Waals surface area contributed by atoms with Crippen LogP contribution in [0.1, 0.15) is 19.4 Å². The second-order valence-corrected chi connectivity index (χ2v) is 10.7. The molecular weight excluding hydrogens is 442 g/mol. The average Bonchev–Trinajstić information content (AvgIpc) is 2.76. The molecular formula is C20H27N3O6S2. The van der Waals surface area contributed by atoms with Crippen LogP contribution in [-0.4, -0.2) is 42.9 Å². The Hall–Kier alpha value is -2.47. The Morgan fingerprint density at radius 3 is 2.16 bits per heavy atom. The van der Waals surface area contributed by atoms with Crippen molar-refractivity contribution in [2.24, 2.45) is 5.92 Å². The lowest BCUT2D eigenvalue weighted by Crippen LogP contribution is -2.49. The summed E-state index contributed by atoms with van der Waals surface area (Å²) in [6.45, 7) is 3.49. The highest BCUT2D eigenvalue weighted by Crippen LogP contribution is 2.17. The monoisotopic (exact) mass is 469 g/mol. The van der Waals surface area contributed by atoms with Gasteiger partial charge in [-0.15, -0.1) is 0 Å². The van der Waals surface area contributed by atoms with Crippen LogP contribution in [0.25, 0.3) is 0 Å². The predicted octanol–water partition coefficient (Wildman–Crippen LogP) is 1.22. The van der Waals surface area contributed by atoms with Gasteiger partial charge in [-0.25, -0.2) is 21.6 Å². The van der Waals surface area contributed by atoms with E-state index in [0.717, 1.165) is 0 Å². The van der Waals surface area contributed by atoms with E-state index in [1.54, 1.807) is 26.0 Å². The summed E-state index contributed by atoms with van der Waals surface area (Å²) in [4.78, 5) is 12.8. The largest absolute Gasteiger partial charge is 0.497 e. The molecule has 0 spiro atoms. The first-order valence-corrected chi connectivity index (χ1v) is 12.4. The zero-order valence-electron chi connectivity index (χ0n) is 17.7. The van der Waals surface area contributed by atoms with Crippen LogP contribution in [0.5, 0.6) is 5.75 Å². The Morgan fingerprint density at radius 1 is 0.968 bits per heavy atom. The van der Waals surface area contributed by atoms with Crippen LogP contribution in [0.2, 0.25) is 0 Å². The molecule has 2 aromatic rings. The summed E-state index contributed by atoms with van der Waals surface area (Å²) in [7, 11) is -4.76. The van der Waals surface area contributed by atoms with Gasteiger partial charge in [0.1, 0.15) is 11.8 Å². The molecule has 2 aromatic carbocycles. The van der Waals surface area contributed by atoms with E-state index < -0.39 is 32.0 Å². The van der Waals surface area contributed by atoms with E-state index in [1.165, 1.54) is 50.6 Å². The standard InChI is InChI=1S/C20H27N3O6S2/c1-14(2)19(23-31(27,28)17-10-8-16(29-4)9-11-17)20(24)22-13-15-6-5-7-18(12-15)30(25,26)21-3/h5-12,14,19,21,23H,13H2,1-4H3,(H,22,24)/t19-/m0/s1. The van der Waals surface area contributed by atoms with E-state index in [-0.39, 0.29) is 22.3 Å². The summed E-state index contributed by atoms with van der Waals surface area (Å²) in [6.07, 6.45) is 0. The number of amides is 1. The van der Waals surface area contributed by atoms with Gasteiger partial charge in [-0.3, -0.25) is 4.79 Å². The summed E-state index contributed by atoms with van der Waals surface area (Å²) in [5.74, 6) is -0.336. The molecule has 0 bridgehead atoms. The number of nitrogens with one attached hydrogen (secondary N) is 3. The van der Waals surface area contributed by atoms with Crippen molar-refractivity contribution in [2.75, 3.05) is 14.2 Å². The van der Waals surface area contributed by atoms with Crippen molar-refractivity contribution in [3.8, 4) is 5.75 Å². The molecule has 2 rings (SSSR count). The number of rotatable bonds is 10. The minimum Gasteiger partial charge on any atom is -0.497 e. The Balaban J connectivity index is 2.13. The molecule has 0 saturated carbocycles. The lowest BCUT2D eigenvalue weighted by molar-refractivity contribution is -0.123. The Kier molecular flexibility index (Phi) is 8.18. The molecule has 11 heteroatoms. The van der Waals surface area contributed by atoms with E-state index in [2.05, 4.69) is 14.8 Å². The van der Waals surface area contributed by atoms with Gasteiger partial charge < -0.3 is 10.1 Å². The van der Waals surface area contributed by atoms with Gasteiger partial charge in [-0.1, -0.05) is 26.0 Å². The number of sulfonamides is 2. The molecule has 1 atom stereocenters. The third-order valence-corrected chi connectivity index (χ3v) is 7.41. The van der Waals surface area contributed by atoms with Gasteiger partial charge >= 0.3 is 0 Å². The fourth-order valence-electron chi connectivity index (χ4n) is 2.72. The van der Waals surface area contributed by atoms with Gasteiger partial charge in [0.2, 0.25) is 26.0 Å². The maximum absolute atomic E-state index is 12.7. The van der Waals surface area contributed by atoms with E-state index >= 15 is 0 Å². The second kappa shape index (κ2) is 10.2. The molecule has 3 N–H and O–H groups in total. The minimum absolute atomic E-state index is 0.0109. The maximum atomic E-state index is 12.7. The van der Waals surface area contributed by atoms with Crippen molar-refractivity contribution in [1.82, 2.24) is 14.8 Å². The van der Waals surface area contributed by atoms with Crippen LogP contribution >= 0.6 is 0 Å². The zero-order chi connectivity index (χ0) is 23.2. The first-order valence-electron chi connectivity index (χ1n) is 9.46. The highest BCUT2D eigenvalue weighted by Gasteiger charge is 2.28. The van der Waals surface area contributed by atoms with Crippen LogP contribution in [-0.2, 0) is 31.4 Å². The van der Waals surface area contributed by atoms with Crippen LogP contribution < -0.4 is 19.5 Å². The molecule has 0 aliphatic carbocycles. The molecule has 170 valence electrons. The topological polar surface area (TPSA) is 131 Å². The summed E-state index contributed by atoms with van der Waals surface area (Å²) >= 11 is 0. The van der Waals surface area contributed by atoms with E-state index in [1.807, 2.05) is 0 Å². The van der Waals surface area contributed by atoms with Crippen molar-refractivity contribution in [1.29, 1.82) is 0 Å². The molecule has 0 radical (unpaired) electrons. The van der Waals surface area contributed by atoms with Crippen LogP contribution in [0, 0.1) is 5.92 Å². The molecule has 0 aliphatic rings. The summed E-state index contributed by atoms with van der Waals surface area (Å²) in [5, 5.41) is 2.67. The number of benzene rings is 2. The van der Waals surface area contributed by atoms with Gasteiger partial charge in [0.05, 0.1) is 16.9 Å². The minimum atomic E-state index is -3.94. The quantitative estimate of drug-likeness (QED) is 0.480. The molecule has 0 aromatic heterocycles. The molecule has 0 aliphatic heterocycles. The van der Waals surface area contributed by atoms with Gasteiger partial charge in [-0.2, -0.15) is 4.72 Å². The Bertz CT molecular complexity index is 1110. The third kappa shape index (κ3) is 6.50. The lowest BCUT2D eigenvalue weighted by atomic mass is 10.0. The van der Waals surface area contributed by atoms with Crippen molar-refractivity contribution < 1.29 is 26.4 Å². The van der Waals surface area contributed by atoms with E-state index in [4.69, 9.17) is 4.74 Å². The van der Waals surface area contributed by atoms with E-state index in [9.17, 15) is 21.6 Å². The molecule has 0 saturated heterocycles. The van der Waals surface area contributed by atoms with Gasteiger partial charge in [0.15, 0.2) is 0 Å². The second-order valence-electron chi connectivity index (χ2n) is 7.09. The predicted molar refractivity (Wildman–Crippen MR) is 116 cm³/mol. The third-order valence-electron chi connectivity index (χ3n) is 4.55. The van der Waals surface area contributed by atoms with E-state index in [0.29, 0.717) is 11.3 Å². The molecule has 0 fully saturated rings. The first kappa shape index (κ1) is 24.8. The highest BCUT2D eigenvalue weighted by molar-refractivity contribution is 7.89. The Labute approximate surface area is 183 Å². The van der Waals surface area contributed by atoms with Crippen molar-refractivity contribution in [2.45, 2.75) is 36.2 Å². The van der Waals surface area contributed by atoms with Crippen LogP contribution in [0.3, 0.4) is 0 Å². The van der Waals surface area contributed by atoms with Crippen LogP contribution in [0.15, 0.2) is 58.3 Å². The number of hydrogen-bond acceptors (Lipinski definition) is 6. The maximum Gasteiger partial charge on any atom is 0.241 e. The van der Waals surface area contributed by atoms with Gasteiger partial charge in [0, 0.05) is 6.54 Å². The number of hydrogen-bond donors (Lipinski definition) is 3. The molecule has 0 heterocycles. The number of ether oxygens (including phenoxy) is 1. The van der Waals surface area contributed by atoms with Gasteiger partial charge in [0.25, 0.3) is 0 Å². The Morgan fingerprint density at radius 2 is 1.61 bits per heavy atom. The first-order chi connectivity index (χ1) is 14.5. The highest BCUT2D eigenvalue weighted by atomic mass is 32.2. The van der Waals surface area contributed by atoms with Gasteiger partial charge in [-0.05, 0) is 54.9 Å². The smallest absolute Gasteiger partial charge is 0.241 e. The summed E-state index contributed by atoms with van der Waals surface area (Å²) in [6, 6.07) is 10.9. The lowest BCUT2D eigenvalue weighted by Gasteiger charge is -2.22. The fourth-order valence-corrected chi connectivity index (χ4v) is 4.87. The van der Waals surface area contributed by atoms with Crippen LogP contribution in [0.4, 0.5) is 0 Å². The molecule has 9 nitrogen and oxygen atoms in total. The normalized spacial score (nSPS) is 13.1. The summed E-state index contributed by atoms with van der Waals surface area (Å²) in [5.41, 5.74) is 0.560. The van der Waals surface area contributed by atoms with Crippen molar-refractivity contribution in [3.05, 3.63) is 54.1 Å². The molecule has 31 heavy (non-hydrogen) atoms. The average molecular weight is 470 g/mol. The van der Waals surface area contributed by atoms with Crippen molar-refractivity contribution >= 4 is 26.0 Å². The zero-order valence-corrected chi connectivity index (χ0v) is 19.4. The number of carbonyl (C=O) groups excluding carboxylic acids is 1. The van der Waals surface area contributed by atoms with Crippen molar-refractivity contribution in [3.63, 3.8) is 0 Å². The summed E-state index contributed by atoms with van der Waals surface area (Å²) < 4.78 is 59.0. The number of methoxy groups -OCH3 is 1. The molecule has 0 unspecified atom stereocenters. The SMILES string of the molecule is CNS(=O)(=O)c1cccc(CNC(=O)[C@@H](NS(=O)(=O)c2ccc(OC)cc2)C(C)C)c1. The molecule has 1 amide bonds. The fraction of sp³-hybridized carbons (Fsp3) is 0.350. The number of carbonyl (C=O) groups is 1.